The van der Waals surface area contributed by atoms with Gasteiger partial charge in [0, 0.05) is 37.3 Å². The summed E-state index contributed by atoms with van der Waals surface area (Å²) in [5.74, 6) is 2.08. The van der Waals surface area contributed by atoms with Gasteiger partial charge < -0.3 is 14.5 Å². The summed E-state index contributed by atoms with van der Waals surface area (Å²) in [5, 5.41) is 8.43. The molecule has 0 bridgehead atoms. The zero-order chi connectivity index (χ0) is 17.9. The maximum Gasteiger partial charge on any atom is 0.223 e. The molecule has 1 aliphatic heterocycles. The van der Waals surface area contributed by atoms with Crippen molar-refractivity contribution < 1.29 is 4.79 Å². The van der Waals surface area contributed by atoms with Crippen molar-refractivity contribution in [1.29, 1.82) is 0 Å². The van der Waals surface area contributed by atoms with Crippen molar-refractivity contribution >= 4 is 5.91 Å². The maximum atomic E-state index is 12.6. The molecule has 0 fully saturated rings. The first-order valence-electron chi connectivity index (χ1n) is 9.16. The number of benzene rings is 1. The van der Waals surface area contributed by atoms with Crippen LogP contribution in [0.3, 0.4) is 0 Å². The quantitative estimate of drug-likeness (QED) is 0.770. The van der Waals surface area contributed by atoms with Crippen LogP contribution in [0.2, 0.25) is 0 Å². The second-order valence-electron chi connectivity index (χ2n) is 6.62. The Bertz CT molecular complexity index is 896. The highest BCUT2D eigenvalue weighted by atomic mass is 16.2. The van der Waals surface area contributed by atoms with Crippen LogP contribution < -0.4 is 0 Å². The molecular weight excluding hydrogens is 326 g/mol. The van der Waals surface area contributed by atoms with Gasteiger partial charge in [-0.3, -0.25) is 4.79 Å². The van der Waals surface area contributed by atoms with E-state index >= 15 is 0 Å². The first kappa shape index (κ1) is 16.6. The third kappa shape index (κ3) is 3.27. The number of carbonyl (C=O) groups excluding carboxylic acids is 1. The van der Waals surface area contributed by atoms with Crippen molar-refractivity contribution in [3.05, 3.63) is 59.8 Å². The van der Waals surface area contributed by atoms with Crippen molar-refractivity contribution in [2.45, 2.75) is 39.3 Å². The van der Waals surface area contributed by atoms with Crippen molar-refractivity contribution in [2.24, 2.45) is 0 Å². The minimum Gasteiger partial charge on any atom is -0.358 e. The molecule has 3 heterocycles. The van der Waals surface area contributed by atoms with Gasteiger partial charge >= 0.3 is 0 Å². The number of fused-ring (bicyclic) bond motifs is 1. The van der Waals surface area contributed by atoms with Crippen molar-refractivity contribution in [2.75, 3.05) is 6.54 Å². The Kier molecular flexibility index (Phi) is 4.56. The highest BCUT2D eigenvalue weighted by Crippen LogP contribution is 2.19. The summed E-state index contributed by atoms with van der Waals surface area (Å²) in [4.78, 5) is 17.9. The molecule has 0 atom stereocenters. The Hall–Kier alpha value is -2.89. The second-order valence-corrected chi connectivity index (χ2v) is 6.62. The third-order valence-electron chi connectivity index (χ3n) is 4.94. The van der Waals surface area contributed by atoms with Gasteiger partial charge in [0.25, 0.3) is 0 Å². The number of aromatic amines is 1. The van der Waals surface area contributed by atoms with Crippen LogP contribution in [0.5, 0.6) is 0 Å². The number of hydrogen-bond acceptors (Lipinski definition) is 3. The number of hydrogen-bond donors (Lipinski definition) is 1. The van der Waals surface area contributed by atoms with E-state index in [2.05, 4.69) is 50.9 Å². The third-order valence-corrected chi connectivity index (χ3v) is 4.94. The summed E-state index contributed by atoms with van der Waals surface area (Å²) in [6, 6.07) is 14.4. The summed E-state index contributed by atoms with van der Waals surface area (Å²) in [7, 11) is 0. The fourth-order valence-electron chi connectivity index (χ4n) is 3.46. The number of H-pyrrole nitrogens is 1. The molecule has 6 nitrogen and oxygen atoms in total. The summed E-state index contributed by atoms with van der Waals surface area (Å²) in [5.41, 5.74) is 3.34. The number of amides is 1. The molecule has 1 N–H and O–H groups in total. The van der Waals surface area contributed by atoms with Gasteiger partial charge in [0.05, 0.1) is 6.54 Å². The van der Waals surface area contributed by atoms with Gasteiger partial charge in [-0.05, 0) is 24.1 Å². The van der Waals surface area contributed by atoms with Gasteiger partial charge in [-0.25, -0.2) is 0 Å². The molecule has 0 saturated carbocycles. The molecule has 1 aliphatic rings. The summed E-state index contributed by atoms with van der Waals surface area (Å²) >= 11 is 0. The summed E-state index contributed by atoms with van der Waals surface area (Å²) in [6.07, 6.45) is 2.09. The first-order valence-corrected chi connectivity index (χ1v) is 9.16. The largest absolute Gasteiger partial charge is 0.358 e. The minimum atomic E-state index is 0.174. The van der Waals surface area contributed by atoms with E-state index in [9.17, 15) is 4.79 Å². The van der Waals surface area contributed by atoms with Crippen LogP contribution in [0.15, 0.2) is 42.5 Å². The molecule has 3 aromatic rings. The molecule has 0 unspecified atom stereocenters. The molecule has 4 rings (SSSR count). The zero-order valence-corrected chi connectivity index (χ0v) is 15.0. The van der Waals surface area contributed by atoms with Crippen LogP contribution in [-0.2, 0) is 30.7 Å². The molecule has 2 aromatic heterocycles. The lowest BCUT2D eigenvalue weighted by Crippen LogP contribution is -2.38. The van der Waals surface area contributed by atoms with E-state index in [-0.39, 0.29) is 5.91 Å². The van der Waals surface area contributed by atoms with Gasteiger partial charge in [-0.15, -0.1) is 10.2 Å². The molecule has 0 spiro atoms. The van der Waals surface area contributed by atoms with Crippen molar-refractivity contribution in [3.63, 3.8) is 0 Å². The lowest BCUT2D eigenvalue weighted by molar-refractivity contribution is -0.132. The van der Waals surface area contributed by atoms with Gasteiger partial charge in [0.2, 0.25) is 5.91 Å². The monoisotopic (exact) mass is 349 g/mol. The number of nitrogens with one attached hydrogen (secondary N) is 1. The number of aromatic nitrogens is 4. The fraction of sp³-hybridized carbons (Fsp3) is 0.350. The minimum absolute atomic E-state index is 0.174. The normalized spacial score (nSPS) is 13.7. The van der Waals surface area contributed by atoms with Gasteiger partial charge in [-0.1, -0.05) is 37.3 Å². The van der Waals surface area contributed by atoms with Crippen molar-refractivity contribution in [3.8, 4) is 11.3 Å². The van der Waals surface area contributed by atoms with Gasteiger partial charge in [0.15, 0.2) is 5.82 Å². The van der Waals surface area contributed by atoms with E-state index in [0.717, 1.165) is 54.5 Å². The predicted octanol–water partition coefficient (Wildman–Crippen LogP) is 2.81. The van der Waals surface area contributed by atoms with E-state index in [0.29, 0.717) is 13.0 Å². The lowest BCUT2D eigenvalue weighted by atomic mass is 10.2. The number of aryl methyl sites for hydroxylation is 2. The van der Waals surface area contributed by atoms with E-state index in [1.807, 2.05) is 23.1 Å². The zero-order valence-electron chi connectivity index (χ0n) is 15.0. The highest BCUT2D eigenvalue weighted by Gasteiger charge is 2.23. The fourth-order valence-corrected chi connectivity index (χ4v) is 3.46. The Morgan fingerprint density at radius 3 is 2.77 bits per heavy atom. The van der Waals surface area contributed by atoms with E-state index in [1.54, 1.807) is 0 Å². The molecular formula is C20H23N5O. The standard InChI is InChI=1S/C20H23N5O/c1-2-18-22-23-19-14-24(12-13-25(18)19)20(26)11-9-16-8-10-17(21-16)15-6-4-3-5-7-15/h3-8,10,21H,2,9,11-14H2,1H3. The average Bonchev–Trinajstić information content (AvgIpc) is 3.33. The Morgan fingerprint density at radius 1 is 1.12 bits per heavy atom. The Balaban J connectivity index is 1.35. The first-order chi connectivity index (χ1) is 12.7. The average molecular weight is 349 g/mol. The predicted molar refractivity (Wildman–Crippen MR) is 99.4 cm³/mol. The molecule has 26 heavy (non-hydrogen) atoms. The Labute approximate surface area is 152 Å². The van der Waals surface area contributed by atoms with E-state index in [4.69, 9.17) is 0 Å². The van der Waals surface area contributed by atoms with Crippen LogP contribution in [0.25, 0.3) is 11.3 Å². The van der Waals surface area contributed by atoms with Crippen LogP contribution in [0.1, 0.15) is 30.7 Å². The topological polar surface area (TPSA) is 66.8 Å². The van der Waals surface area contributed by atoms with E-state index < -0.39 is 0 Å². The summed E-state index contributed by atoms with van der Waals surface area (Å²) < 4.78 is 2.14. The Morgan fingerprint density at radius 2 is 1.96 bits per heavy atom. The van der Waals surface area contributed by atoms with Gasteiger partial charge in [-0.2, -0.15) is 0 Å². The second kappa shape index (κ2) is 7.15. The van der Waals surface area contributed by atoms with Crippen LogP contribution >= 0.6 is 0 Å². The number of rotatable bonds is 5. The van der Waals surface area contributed by atoms with Gasteiger partial charge in [0.1, 0.15) is 5.82 Å². The number of nitrogens with zero attached hydrogens (tertiary/aromatic N) is 4. The SMILES string of the molecule is CCc1nnc2n1CCN(C(=O)CCc1ccc(-c3ccccc3)[nH]1)C2. The van der Waals surface area contributed by atoms with Crippen LogP contribution in [0, 0.1) is 0 Å². The summed E-state index contributed by atoms with van der Waals surface area (Å²) in [6.45, 7) is 4.16. The lowest BCUT2D eigenvalue weighted by Gasteiger charge is -2.27. The van der Waals surface area contributed by atoms with Crippen molar-refractivity contribution in [1.82, 2.24) is 24.6 Å². The molecule has 0 saturated heterocycles. The van der Waals surface area contributed by atoms with Crippen LogP contribution in [-0.4, -0.2) is 37.1 Å². The van der Waals surface area contributed by atoms with E-state index in [1.165, 1.54) is 0 Å². The molecule has 1 aromatic carbocycles. The molecule has 134 valence electrons. The maximum absolute atomic E-state index is 12.6. The molecule has 6 heteroatoms. The number of carbonyl (C=O) groups is 1. The highest BCUT2D eigenvalue weighted by molar-refractivity contribution is 5.76. The van der Waals surface area contributed by atoms with Crippen LogP contribution in [0.4, 0.5) is 0 Å². The molecule has 0 aliphatic carbocycles. The molecule has 0 radical (unpaired) electrons. The smallest absolute Gasteiger partial charge is 0.223 e. The molecule has 1 amide bonds.